The van der Waals surface area contributed by atoms with Crippen molar-refractivity contribution in [3.8, 4) is 5.75 Å². The monoisotopic (exact) mass is 1250 g/mol. The van der Waals surface area contributed by atoms with E-state index in [4.69, 9.17) is 46.0 Å². The predicted molar refractivity (Wildman–Crippen MR) is 295 cm³/mol. The van der Waals surface area contributed by atoms with Gasteiger partial charge in [-0.15, -0.1) is 0 Å². The SMILES string of the molecule is CC(c1ccccc1)[C@H](N)C(=O)N[C@@H](Cc1ccc(OC2OC(CO)C(OC3OC(CO)C(O)C(O)C3O)C(O)C2O)c(N)c1)C(=O)N[C@H](C(=O)N[C@H](C(=O)N[C@H]([C]=O)CO)C(O)C1CNC(=N)N1C1OC(CO)C(O)C(O)C1O)C(O)C1CNC(=N)N1. The predicted octanol–water partition coefficient (Wildman–Crippen LogP) is -12.8. The normalized spacial score (nSPS) is 33.4. The Morgan fingerprint density at radius 1 is 0.705 bits per heavy atom. The summed E-state index contributed by atoms with van der Waals surface area (Å²) < 4.78 is 28.2. The Hall–Kier alpha value is -6.63. The van der Waals surface area contributed by atoms with Crippen molar-refractivity contribution in [1.29, 1.82) is 10.8 Å². The Morgan fingerprint density at radius 3 is 1.90 bits per heavy atom. The second-order valence-corrected chi connectivity index (χ2v) is 21.7. The molecule has 27 N–H and O–H groups in total. The molecule has 5 fully saturated rings. The molecule has 0 bridgehead atoms. The van der Waals surface area contributed by atoms with Gasteiger partial charge < -0.3 is 149 Å². The highest BCUT2D eigenvalue weighted by atomic mass is 16.7. The quantitative estimate of drug-likeness (QED) is 0.0389. The van der Waals surface area contributed by atoms with Crippen LogP contribution in [0.15, 0.2) is 48.5 Å². The lowest BCUT2D eigenvalue weighted by molar-refractivity contribution is -0.352. The fourth-order valence-corrected chi connectivity index (χ4v) is 10.6. The number of aliphatic hydroxyl groups is 14. The summed E-state index contributed by atoms with van der Waals surface area (Å²) in [5.41, 5.74) is 13.5. The molecular formula is C52H77N12O24. The number of hydrogen-bond acceptors (Lipinski definition) is 28. The van der Waals surface area contributed by atoms with Gasteiger partial charge in [-0.1, -0.05) is 43.3 Å². The molecule has 5 saturated heterocycles. The molecule has 5 aliphatic heterocycles. The maximum Gasteiger partial charge on any atom is 0.246 e. The maximum absolute atomic E-state index is 14.9. The van der Waals surface area contributed by atoms with Crippen molar-refractivity contribution in [3.05, 3.63) is 59.7 Å². The van der Waals surface area contributed by atoms with Crippen LogP contribution in [0.3, 0.4) is 0 Å². The van der Waals surface area contributed by atoms with Crippen LogP contribution in [0.4, 0.5) is 5.69 Å². The van der Waals surface area contributed by atoms with Crippen molar-refractivity contribution in [2.24, 2.45) is 5.73 Å². The third-order valence-corrected chi connectivity index (χ3v) is 15.9. The number of nitrogens with two attached hydrogens (primary N) is 2. The second kappa shape index (κ2) is 30.3. The molecule has 0 aliphatic carbocycles. The fraction of sp³-hybridized carbons (Fsp3) is 0.635. The van der Waals surface area contributed by atoms with Gasteiger partial charge in [-0.05, 0) is 23.3 Å². The van der Waals surface area contributed by atoms with Crippen molar-refractivity contribution in [1.82, 2.24) is 42.1 Å². The van der Waals surface area contributed by atoms with Gasteiger partial charge in [0.1, 0.15) is 115 Å². The van der Waals surface area contributed by atoms with E-state index in [1.54, 1.807) is 37.3 Å². The summed E-state index contributed by atoms with van der Waals surface area (Å²) in [5, 5.41) is 183. The number of rotatable bonds is 26. The lowest BCUT2D eigenvalue weighted by atomic mass is 9.93. The third kappa shape index (κ3) is 15.3. The number of amides is 4. The third-order valence-electron chi connectivity index (χ3n) is 15.9. The van der Waals surface area contributed by atoms with Gasteiger partial charge in [-0.2, -0.15) is 0 Å². The number of nitrogen functional groups attached to an aromatic ring is 1. The molecule has 5 aliphatic rings. The van der Waals surface area contributed by atoms with Crippen LogP contribution in [-0.2, 0) is 49.3 Å². The molecule has 36 heteroatoms. The van der Waals surface area contributed by atoms with Gasteiger partial charge in [0, 0.05) is 25.4 Å². The van der Waals surface area contributed by atoms with E-state index in [9.17, 15) is 95.5 Å². The molecule has 2 aromatic carbocycles. The van der Waals surface area contributed by atoms with E-state index in [0.29, 0.717) is 5.56 Å². The fourth-order valence-electron chi connectivity index (χ4n) is 10.6. The molecule has 2 aromatic rings. The van der Waals surface area contributed by atoms with Crippen LogP contribution in [0, 0.1) is 10.8 Å². The van der Waals surface area contributed by atoms with Crippen LogP contribution in [-0.4, -0.2) is 304 Å². The lowest BCUT2D eigenvalue weighted by Crippen LogP contribution is -2.69. The molecule has 88 heavy (non-hydrogen) atoms. The topological polar surface area (TPSA) is 602 Å². The first-order valence-corrected chi connectivity index (χ1v) is 27.8. The molecule has 7 rings (SSSR count). The van der Waals surface area contributed by atoms with Gasteiger partial charge in [0.05, 0.1) is 50.2 Å². The standard InChI is InChI=1S/C52H77N12O24/c1-18(20-5-3-2-4-6-20)30(54)45(81)60-23(10-19-7-8-26(22(53)9-19)85-49-42(79)39(76)43(29(17-69)87-49)88-50-41(78)38(75)36(73)28(16-68)86-50)44(80)62-31(33(70)24-11-57-51(55)61-24)47(83)63-32(46(82)59-21(13-65)14-66)34(71)25-12-58-52(56)64(25)48-40(77)37(74)35(72)27(15-67)84-48/h2-9,18,21,23-25,27-43,48-50,65,67-79H,10-13,15-17,53-54H2,1H3,(H2,56,58)(H,59,82)(H,60,81)(H,62,80)(H,63,83)(H3,55,57,61)/t18?,21-,23-,24?,25?,27?,28?,29?,30-,31-,32-,33?,34?,35?,36?,37?,38?,39?,40?,41?,42?,43?,48?,49?,50?/m0/s1. The van der Waals surface area contributed by atoms with Crippen LogP contribution in [0.25, 0.3) is 0 Å². The highest BCUT2D eigenvalue weighted by molar-refractivity contribution is 5.96. The number of benzene rings is 2. The van der Waals surface area contributed by atoms with E-state index in [-0.39, 0.29) is 29.5 Å². The van der Waals surface area contributed by atoms with E-state index in [1.807, 2.05) is 0 Å². The molecule has 25 atom stereocenters. The Balaban J connectivity index is 1.16. The molecule has 0 saturated carbocycles. The summed E-state index contributed by atoms with van der Waals surface area (Å²) in [6, 6.07) is 0.0229. The van der Waals surface area contributed by atoms with E-state index in [1.165, 1.54) is 24.5 Å². The number of nitrogens with one attached hydrogen (secondary N) is 9. The number of ether oxygens (including phenoxy) is 5. The first-order chi connectivity index (χ1) is 41.8. The summed E-state index contributed by atoms with van der Waals surface area (Å²) in [5.74, 6) is -6.86. The molecule has 0 spiro atoms. The average Bonchev–Trinajstić information content (AvgIpc) is 1.66. The van der Waals surface area contributed by atoms with Crippen LogP contribution >= 0.6 is 0 Å². The summed E-state index contributed by atoms with van der Waals surface area (Å²) in [6.45, 7) is -2.75. The number of hydrogen-bond donors (Lipinski definition) is 25. The van der Waals surface area contributed by atoms with Crippen molar-refractivity contribution in [3.63, 3.8) is 0 Å². The second-order valence-electron chi connectivity index (χ2n) is 21.7. The minimum atomic E-state index is -2.31. The zero-order valence-corrected chi connectivity index (χ0v) is 46.9. The molecular weight excluding hydrogens is 1180 g/mol. The van der Waals surface area contributed by atoms with Crippen molar-refractivity contribution < 1.29 is 119 Å². The smallest absolute Gasteiger partial charge is 0.246 e. The molecule has 1 radical (unpaired) electrons. The molecule has 489 valence electrons. The summed E-state index contributed by atoms with van der Waals surface area (Å²) in [4.78, 5) is 70.6. The van der Waals surface area contributed by atoms with Gasteiger partial charge in [0.15, 0.2) is 24.4 Å². The van der Waals surface area contributed by atoms with E-state index >= 15 is 0 Å². The first kappa shape index (κ1) is 68.9. The highest BCUT2D eigenvalue weighted by Gasteiger charge is 2.54. The van der Waals surface area contributed by atoms with Crippen LogP contribution < -0.4 is 53.4 Å². The summed E-state index contributed by atoms with van der Waals surface area (Å²) >= 11 is 0. The Labute approximate surface area is 500 Å². The molecule has 4 amide bonds. The molecule has 5 heterocycles. The molecule has 20 unspecified atom stereocenters. The highest BCUT2D eigenvalue weighted by Crippen LogP contribution is 2.33. The average molecular weight is 1250 g/mol. The number of carbonyl (C=O) groups is 4. The summed E-state index contributed by atoms with van der Waals surface area (Å²) in [6.07, 6.45) is -30.5. The zero-order chi connectivity index (χ0) is 64.6. The molecule has 36 nitrogen and oxygen atoms in total. The van der Waals surface area contributed by atoms with Crippen LogP contribution in [0.2, 0.25) is 0 Å². The number of guanidine groups is 2. The van der Waals surface area contributed by atoms with Crippen LogP contribution in [0.1, 0.15) is 24.0 Å². The Bertz CT molecular complexity index is 2730. The summed E-state index contributed by atoms with van der Waals surface area (Å²) in [7, 11) is 0. The van der Waals surface area contributed by atoms with Crippen molar-refractivity contribution in [2.75, 3.05) is 45.3 Å². The molecule has 0 aromatic heterocycles. The lowest BCUT2D eigenvalue weighted by Gasteiger charge is -2.46. The first-order valence-electron chi connectivity index (χ1n) is 27.8. The van der Waals surface area contributed by atoms with E-state index in [0.717, 1.165) is 4.90 Å². The van der Waals surface area contributed by atoms with Crippen molar-refractivity contribution in [2.45, 2.75) is 166 Å². The van der Waals surface area contributed by atoms with E-state index in [2.05, 4.69) is 37.2 Å². The van der Waals surface area contributed by atoms with Crippen LogP contribution in [0.5, 0.6) is 5.75 Å². The van der Waals surface area contributed by atoms with Gasteiger partial charge >= 0.3 is 0 Å². The Kier molecular flexibility index (Phi) is 23.7. The minimum absolute atomic E-state index is 0.142. The van der Waals surface area contributed by atoms with Gasteiger partial charge in [0.25, 0.3) is 0 Å². The number of nitrogens with zero attached hydrogens (tertiary/aromatic N) is 1. The van der Waals surface area contributed by atoms with Gasteiger partial charge in [-0.3, -0.25) is 34.8 Å². The van der Waals surface area contributed by atoms with Gasteiger partial charge in [-0.25, -0.2) is 0 Å². The largest absolute Gasteiger partial charge is 0.460 e. The minimum Gasteiger partial charge on any atom is -0.460 e. The number of carbonyl (C=O) groups excluding carboxylic acids is 5. The van der Waals surface area contributed by atoms with Crippen molar-refractivity contribution >= 4 is 47.5 Å². The van der Waals surface area contributed by atoms with Gasteiger partial charge in [0.2, 0.25) is 36.2 Å². The number of anilines is 1. The van der Waals surface area contributed by atoms with E-state index < -0.39 is 221 Å². The number of aliphatic hydroxyl groups excluding tert-OH is 14. The zero-order valence-electron chi connectivity index (χ0n) is 46.9. The maximum atomic E-state index is 14.9. The Morgan fingerprint density at radius 2 is 1.30 bits per heavy atom.